The maximum atomic E-state index is 13.5. The van der Waals surface area contributed by atoms with E-state index in [9.17, 15) is 9.18 Å². The highest BCUT2D eigenvalue weighted by Crippen LogP contribution is 2.28. The van der Waals surface area contributed by atoms with Crippen molar-refractivity contribution in [3.05, 3.63) is 71.9 Å². The van der Waals surface area contributed by atoms with Crippen molar-refractivity contribution < 1.29 is 9.18 Å². The highest BCUT2D eigenvalue weighted by molar-refractivity contribution is 7.99. The molecule has 2 aromatic heterocycles. The Morgan fingerprint density at radius 2 is 1.90 bits per heavy atom. The molecule has 154 valence electrons. The van der Waals surface area contributed by atoms with Crippen LogP contribution >= 0.6 is 11.8 Å². The minimum atomic E-state index is -0.308. The molecule has 0 unspecified atom stereocenters. The molecular weight excluding hydrogens is 401 g/mol. The van der Waals surface area contributed by atoms with Crippen molar-refractivity contribution in [3.63, 3.8) is 0 Å². The van der Waals surface area contributed by atoms with Crippen LogP contribution in [0.1, 0.15) is 29.1 Å². The van der Waals surface area contributed by atoms with Crippen molar-refractivity contribution >= 4 is 28.4 Å². The fraction of sp³-hybridized carbons (Fsp3) is 0.227. The summed E-state index contributed by atoms with van der Waals surface area (Å²) in [6.07, 6.45) is 1.75. The van der Waals surface area contributed by atoms with Crippen molar-refractivity contribution in [2.24, 2.45) is 0 Å². The van der Waals surface area contributed by atoms with Crippen LogP contribution in [0, 0.1) is 5.82 Å². The van der Waals surface area contributed by atoms with Crippen molar-refractivity contribution in [2.45, 2.75) is 18.1 Å². The number of carbonyl (C=O) groups is 1. The molecule has 1 atom stereocenters. The van der Waals surface area contributed by atoms with Crippen LogP contribution in [0.4, 0.5) is 4.39 Å². The Morgan fingerprint density at radius 3 is 2.63 bits per heavy atom. The number of halogens is 1. The minimum absolute atomic E-state index is 0.00770. The predicted octanol–water partition coefficient (Wildman–Crippen LogP) is 4.49. The summed E-state index contributed by atoms with van der Waals surface area (Å²) in [4.78, 5) is 18.0. The fourth-order valence-corrected chi connectivity index (χ4v) is 4.06. The summed E-state index contributed by atoms with van der Waals surface area (Å²) in [5.41, 5.74) is 2.35. The smallest absolute Gasteiger partial charge is 0.196 e. The number of nitrogens with one attached hydrogen (secondary N) is 1. The monoisotopic (exact) mass is 423 g/mol. The van der Waals surface area contributed by atoms with Crippen LogP contribution < -0.4 is 0 Å². The van der Waals surface area contributed by atoms with E-state index in [1.54, 1.807) is 18.3 Å². The molecule has 0 aliphatic rings. The normalized spacial score (nSPS) is 12.6. The van der Waals surface area contributed by atoms with Crippen LogP contribution in [0.15, 0.2) is 59.9 Å². The number of hydrogen-bond acceptors (Lipinski definition) is 5. The van der Waals surface area contributed by atoms with Crippen molar-refractivity contribution in [2.75, 3.05) is 19.8 Å². The van der Waals surface area contributed by atoms with E-state index in [-0.39, 0.29) is 23.4 Å². The lowest BCUT2D eigenvalue weighted by Crippen LogP contribution is -2.20. The molecule has 0 bridgehead atoms. The van der Waals surface area contributed by atoms with Gasteiger partial charge in [0.2, 0.25) is 0 Å². The number of rotatable bonds is 7. The number of aromatic amines is 1. The third-order valence-electron chi connectivity index (χ3n) is 5.11. The first-order valence-electron chi connectivity index (χ1n) is 9.55. The Morgan fingerprint density at radius 1 is 1.17 bits per heavy atom. The molecule has 8 heteroatoms. The maximum Gasteiger partial charge on any atom is 0.196 e. The highest BCUT2D eigenvalue weighted by atomic mass is 32.2. The van der Waals surface area contributed by atoms with Gasteiger partial charge in [0.15, 0.2) is 16.8 Å². The van der Waals surface area contributed by atoms with Crippen LogP contribution in [0.25, 0.3) is 16.6 Å². The molecule has 30 heavy (non-hydrogen) atoms. The Bertz CT molecular complexity index is 1180. The van der Waals surface area contributed by atoms with Gasteiger partial charge in [0.1, 0.15) is 5.82 Å². The van der Waals surface area contributed by atoms with Gasteiger partial charge in [-0.2, -0.15) is 0 Å². The number of Topliss-reactive ketones (excluding diaryl/α,β-unsaturated/α-hetero) is 1. The van der Waals surface area contributed by atoms with Crippen LogP contribution in [-0.2, 0) is 0 Å². The SMILES string of the molecule is C[C@@H](c1nnc(SCC(=O)c2c[nH]c3ccccc23)n1-c1ccc(F)cc1)N(C)C. The van der Waals surface area contributed by atoms with Gasteiger partial charge in [-0.1, -0.05) is 30.0 Å². The first kappa shape index (κ1) is 20.3. The first-order chi connectivity index (χ1) is 14.5. The lowest BCUT2D eigenvalue weighted by atomic mass is 10.1. The van der Waals surface area contributed by atoms with E-state index in [1.807, 2.05) is 54.8 Å². The zero-order valence-corrected chi connectivity index (χ0v) is 17.8. The average Bonchev–Trinajstić information content (AvgIpc) is 3.36. The van der Waals surface area contributed by atoms with Crippen molar-refractivity contribution in [3.8, 4) is 5.69 Å². The number of aromatic nitrogens is 4. The van der Waals surface area contributed by atoms with Gasteiger partial charge in [0.05, 0.1) is 11.8 Å². The predicted molar refractivity (Wildman–Crippen MR) is 117 cm³/mol. The second-order valence-electron chi connectivity index (χ2n) is 7.25. The molecule has 0 saturated carbocycles. The van der Waals surface area contributed by atoms with Crippen molar-refractivity contribution in [1.82, 2.24) is 24.6 Å². The molecule has 2 heterocycles. The average molecular weight is 424 g/mol. The molecule has 4 rings (SSSR count). The molecule has 0 amide bonds. The van der Waals surface area contributed by atoms with Gasteiger partial charge < -0.3 is 4.98 Å². The molecule has 0 spiro atoms. The van der Waals surface area contributed by atoms with E-state index in [2.05, 4.69) is 15.2 Å². The summed E-state index contributed by atoms with van der Waals surface area (Å²) in [5, 5.41) is 10.2. The Labute approximate surface area is 178 Å². The molecule has 0 aliphatic heterocycles. The number of para-hydroxylation sites is 1. The molecular formula is C22H22FN5OS. The van der Waals surface area contributed by atoms with E-state index in [0.29, 0.717) is 10.7 Å². The molecule has 0 fully saturated rings. The third-order valence-corrected chi connectivity index (χ3v) is 6.04. The summed E-state index contributed by atoms with van der Waals surface area (Å²) in [6, 6.07) is 13.9. The van der Waals surface area contributed by atoms with Gasteiger partial charge in [0, 0.05) is 28.4 Å². The van der Waals surface area contributed by atoms with E-state index in [0.717, 1.165) is 22.4 Å². The summed E-state index contributed by atoms with van der Waals surface area (Å²) in [6.45, 7) is 2.02. The van der Waals surface area contributed by atoms with Gasteiger partial charge in [-0.25, -0.2) is 4.39 Å². The Kier molecular flexibility index (Phi) is 5.69. The standard InChI is InChI=1S/C22H22FN5OS/c1-14(27(2)3)21-25-26-22(28(21)16-10-8-15(23)9-11-16)30-13-20(29)18-12-24-19-7-5-4-6-17(18)19/h4-12,14,24H,13H2,1-3H3/t14-/m0/s1. The Hall–Kier alpha value is -2.97. The number of nitrogens with zero attached hydrogens (tertiary/aromatic N) is 4. The largest absolute Gasteiger partial charge is 0.360 e. The zero-order valence-electron chi connectivity index (χ0n) is 17.0. The number of hydrogen-bond donors (Lipinski definition) is 1. The quantitative estimate of drug-likeness (QED) is 0.351. The number of fused-ring (bicyclic) bond motifs is 1. The fourth-order valence-electron chi connectivity index (χ4n) is 3.22. The summed E-state index contributed by atoms with van der Waals surface area (Å²) < 4.78 is 15.3. The van der Waals surface area contributed by atoms with Gasteiger partial charge in [-0.05, 0) is 51.4 Å². The lowest BCUT2D eigenvalue weighted by Gasteiger charge is -2.20. The maximum absolute atomic E-state index is 13.5. The number of H-pyrrole nitrogens is 1. The number of carbonyl (C=O) groups excluding carboxylic acids is 1. The summed E-state index contributed by atoms with van der Waals surface area (Å²) in [7, 11) is 3.92. The van der Waals surface area contributed by atoms with Gasteiger partial charge in [-0.3, -0.25) is 14.3 Å². The molecule has 2 aromatic carbocycles. The van der Waals surface area contributed by atoms with Crippen LogP contribution in [-0.4, -0.2) is 50.3 Å². The van der Waals surface area contributed by atoms with E-state index < -0.39 is 0 Å². The van der Waals surface area contributed by atoms with Gasteiger partial charge in [0.25, 0.3) is 0 Å². The summed E-state index contributed by atoms with van der Waals surface area (Å²) >= 11 is 1.32. The number of ketones is 1. The molecule has 0 aliphatic carbocycles. The van der Waals surface area contributed by atoms with Crippen LogP contribution in [0.5, 0.6) is 0 Å². The Balaban J connectivity index is 1.64. The van der Waals surface area contributed by atoms with Crippen LogP contribution in [0.2, 0.25) is 0 Å². The third kappa shape index (κ3) is 3.88. The van der Waals surface area contributed by atoms with Crippen molar-refractivity contribution in [1.29, 1.82) is 0 Å². The second kappa shape index (κ2) is 8.41. The van der Waals surface area contributed by atoms with E-state index in [4.69, 9.17) is 0 Å². The van der Waals surface area contributed by atoms with E-state index >= 15 is 0 Å². The first-order valence-corrected chi connectivity index (χ1v) is 10.5. The summed E-state index contributed by atoms with van der Waals surface area (Å²) in [5.74, 6) is 0.650. The lowest BCUT2D eigenvalue weighted by molar-refractivity contribution is 0.102. The zero-order chi connectivity index (χ0) is 21.3. The molecule has 0 radical (unpaired) electrons. The van der Waals surface area contributed by atoms with Gasteiger partial charge >= 0.3 is 0 Å². The van der Waals surface area contributed by atoms with Crippen LogP contribution in [0.3, 0.4) is 0 Å². The molecule has 4 aromatic rings. The number of thioether (sulfide) groups is 1. The molecule has 1 N–H and O–H groups in total. The minimum Gasteiger partial charge on any atom is -0.360 e. The number of benzene rings is 2. The molecule has 6 nitrogen and oxygen atoms in total. The molecule has 0 saturated heterocycles. The second-order valence-corrected chi connectivity index (χ2v) is 8.19. The van der Waals surface area contributed by atoms with E-state index in [1.165, 1.54) is 23.9 Å². The van der Waals surface area contributed by atoms with Gasteiger partial charge in [-0.15, -0.1) is 10.2 Å². The topological polar surface area (TPSA) is 66.8 Å². The highest BCUT2D eigenvalue weighted by Gasteiger charge is 2.22.